The highest BCUT2D eigenvalue weighted by molar-refractivity contribution is 6.09. The Morgan fingerprint density at radius 2 is 1.93 bits per heavy atom. The molecule has 1 heterocycles. The number of benzene rings is 2. The van der Waals surface area contributed by atoms with Gasteiger partial charge in [0.15, 0.2) is 0 Å². The molecule has 0 spiro atoms. The standard InChI is InChI=1S/C20H18N4O5/c1-2-20(15-8-4-3-5-9-15)18(26)23(19(27)21-20)22-17(25)12-11-14-7-6-10-16(13-14)24(28)29/h3-13H,2H2,1H3,(H,21,27)(H,22,25)/b12-11+/t20-/m1/s1. The SMILES string of the molecule is CC[C@]1(c2ccccc2)NC(=O)N(NC(=O)/C=C/c2cccc([N+](=O)[O-])c2)C1=O. The molecule has 1 saturated heterocycles. The number of rotatable bonds is 6. The summed E-state index contributed by atoms with van der Waals surface area (Å²) in [5, 5.41) is 14.1. The van der Waals surface area contributed by atoms with Gasteiger partial charge in [0.25, 0.3) is 17.5 Å². The lowest BCUT2D eigenvalue weighted by atomic mass is 9.87. The molecule has 1 aliphatic heterocycles. The van der Waals surface area contributed by atoms with Gasteiger partial charge in [-0.1, -0.05) is 49.4 Å². The van der Waals surface area contributed by atoms with E-state index < -0.39 is 28.3 Å². The average Bonchev–Trinajstić information content (AvgIpc) is 2.98. The van der Waals surface area contributed by atoms with Crippen molar-refractivity contribution in [3.63, 3.8) is 0 Å². The van der Waals surface area contributed by atoms with E-state index in [4.69, 9.17) is 0 Å². The molecule has 3 rings (SSSR count). The number of nitrogens with one attached hydrogen (secondary N) is 2. The number of urea groups is 1. The van der Waals surface area contributed by atoms with Gasteiger partial charge in [-0.05, 0) is 23.6 Å². The number of nitrogens with zero attached hydrogens (tertiary/aromatic N) is 2. The first-order chi connectivity index (χ1) is 13.9. The van der Waals surface area contributed by atoms with Crippen LogP contribution in [0.5, 0.6) is 0 Å². The van der Waals surface area contributed by atoms with E-state index in [2.05, 4.69) is 10.7 Å². The third-order valence-electron chi connectivity index (χ3n) is 4.62. The Morgan fingerprint density at radius 3 is 2.59 bits per heavy atom. The fourth-order valence-electron chi connectivity index (χ4n) is 3.10. The number of non-ortho nitro benzene ring substituents is 1. The van der Waals surface area contributed by atoms with Crippen LogP contribution in [0.1, 0.15) is 24.5 Å². The number of amides is 4. The summed E-state index contributed by atoms with van der Waals surface area (Å²) >= 11 is 0. The van der Waals surface area contributed by atoms with Gasteiger partial charge in [-0.15, -0.1) is 0 Å². The fraction of sp³-hybridized carbons (Fsp3) is 0.150. The minimum absolute atomic E-state index is 0.114. The second-order valence-corrected chi connectivity index (χ2v) is 6.36. The van der Waals surface area contributed by atoms with Crippen molar-refractivity contribution in [1.29, 1.82) is 0 Å². The molecule has 29 heavy (non-hydrogen) atoms. The Bertz CT molecular complexity index is 1000. The lowest BCUT2D eigenvalue weighted by Gasteiger charge is -2.25. The number of imide groups is 1. The van der Waals surface area contributed by atoms with E-state index in [0.717, 1.165) is 6.08 Å². The van der Waals surface area contributed by atoms with E-state index in [1.807, 2.05) is 0 Å². The number of nitro groups is 1. The van der Waals surface area contributed by atoms with Gasteiger partial charge >= 0.3 is 6.03 Å². The maximum absolute atomic E-state index is 12.9. The Hall–Kier alpha value is -4.01. The first kappa shape index (κ1) is 19.7. The highest BCUT2D eigenvalue weighted by Gasteiger charge is 2.52. The monoisotopic (exact) mass is 394 g/mol. The molecule has 148 valence electrons. The van der Waals surface area contributed by atoms with Crippen LogP contribution in [0.2, 0.25) is 0 Å². The van der Waals surface area contributed by atoms with Crippen molar-refractivity contribution >= 4 is 29.6 Å². The van der Waals surface area contributed by atoms with Crippen LogP contribution < -0.4 is 10.7 Å². The third kappa shape index (κ3) is 3.84. The quantitative estimate of drug-likeness (QED) is 0.337. The zero-order chi connectivity index (χ0) is 21.0. The Kier molecular flexibility index (Phi) is 5.40. The van der Waals surface area contributed by atoms with Gasteiger partial charge in [0.1, 0.15) is 5.54 Å². The number of hydrogen-bond donors (Lipinski definition) is 2. The largest absolute Gasteiger partial charge is 0.344 e. The molecule has 0 unspecified atom stereocenters. The number of nitro benzene ring substituents is 1. The van der Waals surface area contributed by atoms with E-state index in [1.54, 1.807) is 43.3 Å². The maximum atomic E-state index is 12.9. The van der Waals surface area contributed by atoms with Crippen molar-refractivity contribution in [2.45, 2.75) is 18.9 Å². The van der Waals surface area contributed by atoms with Crippen LogP contribution >= 0.6 is 0 Å². The molecule has 0 aliphatic carbocycles. The van der Waals surface area contributed by atoms with Gasteiger partial charge < -0.3 is 5.32 Å². The highest BCUT2D eigenvalue weighted by atomic mass is 16.6. The van der Waals surface area contributed by atoms with Crippen LogP contribution in [-0.2, 0) is 15.1 Å². The van der Waals surface area contributed by atoms with Gasteiger partial charge in [0.2, 0.25) is 0 Å². The van der Waals surface area contributed by atoms with Crippen LogP contribution in [0.15, 0.2) is 60.7 Å². The van der Waals surface area contributed by atoms with E-state index in [1.165, 1.54) is 24.3 Å². The second kappa shape index (κ2) is 7.93. The molecular weight excluding hydrogens is 376 g/mol. The highest BCUT2D eigenvalue weighted by Crippen LogP contribution is 2.31. The summed E-state index contributed by atoms with van der Waals surface area (Å²) in [6, 6.07) is 13.7. The predicted molar refractivity (Wildman–Crippen MR) is 104 cm³/mol. The lowest BCUT2D eigenvalue weighted by Crippen LogP contribution is -2.48. The minimum atomic E-state index is -1.25. The van der Waals surface area contributed by atoms with Crippen LogP contribution in [0.4, 0.5) is 10.5 Å². The van der Waals surface area contributed by atoms with E-state index >= 15 is 0 Å². The van der Waals surface area contributed by atoms with Crippen LogP contribution in [-0.4, -0.2) is 27.8 Å². The van der Waals surface area contributed by atoms with Gasteiger partial charge in [-0.25, -0.2) is 4.79 Å². The number of carbonyl (C=O) groups is 3. The zero-order valence-corrected chi connectivity index (χ0v) is 15.5. The summed E-state index contributed by atoms with van der Waals surface area (Å²) in [5.41, 5.74) is 1.93. The van der Waals surface area contributed by atoms with Gasteiger partial charge in [0, 0.05) is 18.2 Å². The first-order valence-corrected chi connectivity index (χ1v) is 8.83. The van der Waals surface area contributed by atoms with Gasteiger partial charge in [-0.3, -0.25) is 25.1 Å². The maximum Gasteiger partial charge on any atom is 0.344 e. The normalized spacial score (nSPS) is 18.7. The predicted octanol–water partition coefficient (Wildman–Crippen LogP) is 2.50. The smallest absolute Gasteiger partial charge is 0.318 e. The fourth-order valence-corrected chi connectivity index (χ4v) is 3.10. The van der Waals surface area contributed by atoms with E-state index in [0.29, 0.717) is 22.6 Å². The third-order valence-corrected chi connectivity index (χ3v) is 4.62. The molecule has 1 atom stereocenters. The summed E-state index contributed by atoms with van der Waals surface area (Å²) in [7, 11) is 0. The number of carbonyl (C=O) groups excluding carboxylic acids is 3. The van der Waals surface area contributed by atoms with Crippen molar-refractivity contribution in [2.24, 2.45) is 0 Å². The first-order valence-electron chi connectivity index (χ1n) is 8.83. The van der Waals surface area contributed by atoms with Crippen molar-refractivity contribution in [3.05, 3.63) is 81.9 Å². The summed E-state index contributed by atoms with van der Waals surface area (Å²) in [6.07, 6.45) is 2.75. The molecule has 4 amide bonds. The molecule has 2 aromatic rings. The molecule has 1 aliphatic rings. The summed E-state index contributed by atoms with van der Waals surface area (Å²) < 4.78 is 0. The van der Waals surface area contributed by atoms with E-state index in [-0.39, 0.29) is 5.69 Å². The van der Waals surface area contributed by atoms with Gasteiger partial charge in [-0.2, -0.15) is 5.01 Å². The zero-order valence-electron chi connectivity index (χ0n) is 15.5. The molecule has 9 heteroatoms. The minimum Gasteiger partial charge on any atom is -0.318 e. The topological polar surface area (TPSA) is 122 Å². The molecule has 0 bridgehead atoms. The Labute approximate surface area is 166 Å². The molecule has 0 saturated carbocycles. The molecule has 9 nitrogen and oxygen atoms in total. The summed E-state index contributed by atoms with van der Waals surface area (Å²) in [4.78, 5) is 47.8. The van der Waals surface area contributed by atoms with Crippen molar-refractivity contribution in [1.82, 2.24) is 15.8 Å². The Morgan fingerprint density at radius 1 is 1.21 bits per heavy atom. The van der Waals surface area contributed by atoms with Gasteiger partial charge in [0.05, 0.1) is 4.92 Å². The van der Waals surface area contributed by atoms with Crippen LogP contribution in [0.3, 0.4) is 0 Å². The molecule has 1 fully saturated rings. The van der Waals surface area contributed by atoms with Crippen molar-refractivity contribution in [2.75, 3.05) is 0 Å². The summed E-state index contributed by atoms with van der Waals surface area (Å²) in [6.45, 7) is 1.76. The molecule has 2 aromatic carbocycles. The lowest BCUT2D eigenvalue weighted by molar-refractivity contribution is -0.384. The Balaban J connectivity index is 1.75. The molecular formula is C20H18N4O5. The average molecular weight is 394 g/mol. The van der Waals surface area contributed by atoms with E-state index in [9.17, 15) is 24.5 Å². The molecule has 2 N–H and O–H groups in total. The van der Waals surface area contributed by atoms with Crippen molar-refractivity contribution < 1.29 is 19.3 Å². The summed E-state index contributed by atoms with van der Waals surface area (Å²) in [5.74, 6) is -1.31. The molecule has 0 radical (unpaired) electrons. The van der Waals surface area contributed by atoms with Crippen LogP contribution in [0.25, 0.3) is 6.08 Å². The molecule has 0 aromatic heterocycles. The van der Waals surface area contributed by atoms with Crippen LogP contribution in [0, 0.1) is 10.1 Å². The second-order valence-electron chi connectivity index (χ2n) is 6.36. The van der Waals surface area contributed by atoms with Crippen molar-refractivity contribution in [3.8, 4) is 0 Å². The number of hydrogen-bond acceptors (Lipinski definition) is 5. The number of hydrazine groups is 1.